The lowest BCUT2D eigenvalue weighted by molar-refractivity contribution is 0.409. The van der Waals surface area contributed by atoms with Gasteiger partial charge in [0.2, 0.25) is 0 Å². The van der Waals surface area contributed by atoms with Gasteiger partial charge in [0.1, 0.15) is 11.9 Å². The summed E-state index contributed by atoms with van der Waals surface area (Å²) in [7, 11) is 0. The fraction of sp³-hybridized carbons (Fsp3) is 0.625. The van der Waals surface area contributed by atoms with Crippen molar-refractivity contribution in [3.63, 3.8) is 0 Å². The zero-order valence-corrected chi connectivity index (χ0v) is 16.4. The van der Waals surface area contributed by atoms with Gasteiger partial charge in [-0.15, -0.1) is 0 Å². The van der Waals surface area contributed by atoms with Gasteiger partial charge >= 0.3 is 0 Å². The standard InChI is InChI=1S/C24H34FN/c1-2-3-4-5-6-7-8-9-20-10-12-21(13-11-20)14-15-22-16-17-23(19-26)24(25)18-22/h12,16-18,20H,2-11,13-15H2,1H3. The number of hydrogen-bond acceptors (Lipinski definition) is 1. The van der Waals surface area contributed by atoms with Crippen LogP contribution < -0.4 is 0 Å². The Hall–Kier alpha value is -1.62. The summed E-state index contributed by atoms with van der Waals surface area (Å²) in [5, 5.41) is 8.79. The van der Waals surface area contributed by atoms with Crippen LogP contribution in [0, 0.1) is 23.1 Å². The molecule has 0 aromatic heterocycles. The van der Waals surface area contributed by atoms with Crippen molar-refractivity contribution in [2.45, 2.75) is 90.4 Å². The Morgan fingerprint density at radius 2 is 1.85 bits per heavy atom. The number of halogens is 1. The molecule has 26 heavy (non-hydrogen) atoms. The molecule has 0 fully saturated rings. The molecule has 1 nitrogen and oxygen atoms in total. The zero-order valence-electron chi connectivity index (χ0n) is 16.4. The molecule has 0 radical (unpaired) electrons. The maximum Gasteiger partial charge on any atom is 0.141 e. The molecule has 2 heteroatoms. The summed E-state index contributed by atoms with van der Waals surface area (Å²) >= 11 is 0. The molecule has 0 aliphatic heterocycles. The smallest absolute Gasteiger partial charge is 0.141 e. The minimum atomic E-state index is -0.391. The second kappa shape index (κ2) is 11.9. The Kier molecular flexibility index (Phi) is 9.46. The minimum Gasteiger partial charge on any atom is -0.206 e. The minimum absolute atomic E-state index is 0.138. The molecule has 0 amide bonds. The highest BCUT2D eigenvalue weighted by Crippen LogP contribution is 2.30. The highest BCUT2D eigenvalue weighted by atomic mass is 19.1. The first-order valence-corrected chi connectivity index (χ1v) is 10.6. The number of nitriles is 1. The van der Waals surface area contributed by atoms with Crippen molar-refractivity contribution >= 4 is 0 Å². The fourth-order valence-corrected chi connectivity index (χ4v) is 3.93. The predicted octanol–water partition coefficient (Wildman–Crippen LogP) is 7.50. The lowest BCUT2D eigenvalue weighted by Gasteiger charge is -2.22. The average Bonchev–Trinajstić information content (AvgIpc) is 2.66. The van der Waals surface area contributed by atoms with E-state index in [1.807, 2.05) is 12.1 Å². The number of rotatable bonds is 11. The summed E-state index contributed by atoms with van der Waals surface area (Å²) in [5.74, 6) is 0.485. The average molecular weight is 356 g/mol. The first-order valence-electron chi connectivity index (χ1n) is 10.6. The summed E-state index contributed by atoms with van der Waals surface area (Å²) in [6.45, 7) is 2.27. The molecule has 0 N–H and O–H groups in total. The normalized spacial score (nSPS) is 17.0. The van der Waals surface area contributed by atoms with Crippen molar-refractivity contribution in [1.82, 2.24) is 0 Å². The van der Waals surface area contributed by atoms with Gasteiger partial charge in [-0.25, -0.2) is 4.39 Å². The third kappa shape index (κ3) is 7.32. The van der Waals surface area contributed by atoms with E-state index in [1.54, 1.807) is 6.07 Å². The first kappa shape index (κ1) is 20.7. The van der Waals surface area contributed by atoms with Crippen molar-refractivity contribution in [1.29, 1.82) is 5.26 Å². The summed E-state index contributed by atoms with van der Waals surface area (Å²) in [5.41, 5.74) is 2.66. The molecule has 1 aliphatic rings. The van der Waals surface area contributed by atoms with Crippen LogP contribution in [-0.2, 0) is 6.42 Å². The van der Waals surface area contributed by atoms with Crippen LogP contribution in [0.15, 0.2) is 29.8 Å². The monoisotopic (exact) mass is 355 g/mol. The van der Waals surface area contributed by atoms with Crippen molar-refractivity contribution in [3.05, 3.63) is 46.8 Å². The molecule has 0 spiro atoms. The van der Waals surface area contributed by atoms with E-state index in [9.17, 15) is 4.39 Å². The lowest BCUT2D eigenvalue weighted by Crippen LogP contribution is -2.06. The van der Waals surface area contributed by atoms with Gasteiger partial charge in [-0.05, 0) is 55.7 Å². The zero-order chi connectivity index (χ0) is 18.6. The van der Waals surface area contributed by atoms with Crippen molar-refractivity contribution < 1.29 is 4.39 Å². The summed E-state index contributed by atoms with van der Waals surface area (Å²) in [4.78, 5) is 0. The van der Waals surface area contributed by atoms with Gasteiger partial charge in [-0.1, -0.05) is 76.0 Å². The van der Waals surface area contributed by atoms with Gasteiger partial charge in [-0.3, -0.25) is 0 Å². The van der Waals surface area contributed by atoms with E-state index < -0.39 is 5.82 Å². The second-order valence-electron chi connectivity index (χ2n) is 7.84. The van der Waals surface area contributed by atoms with Gasteiger partial charge in [-0.2, -0.15) is 5.26 Å². The Morgan fingerprint density at radius 1 is 1.08 bits per heavy atom. The highest BCUT2D eigenvalue weighted by molar-refractivity contribution is 5.33. The third-order valence-corrected chi connectivity index (χ3v) is 5.72. The number of hydrogen-bond donors (Lipinski definition) is 0. The van der Waals surface area contributed by atoms with Crippen LogP contribution in [0.4, 0.5) is 4.39 Å². The van der Waals surface area contributed by atoms with Gasteiger partial charge < -0.3 is 0 Å². The molecule has 1 atom stereocenters. The Balaban J connectivity index is 1.62. The van der Waals surface area contributed by atoms with Crippen LogP contribution >= 0.6 is 0 Å². The van der Waals surface area contributed by atoms with E-state index in [1.165, 1.54) is 82.3 Å². The summed E-state index contributed by atoms with van der Waals surface area (Å²) in [6, 6.07) is 6.88. The molecule has 0 heterocycles. The van der Waals surface area contributed by atoms with Crippen LogP contribution in [0.25, 0.3) is 0 Å². The third-order valence-electron chi connectivity index (χ3n) is 5.72. The SMILES string of the molecule is CCCCCCCCCC1CC=C(CCc2ccc(C#N)c(F)c2)CC1. The maximum atomic E-state index is 13.7. The van der Waals surface area contributed by atoms with Crippen molar-refractivity contribution in [2.24, 2.45) is 5.92 Å². The van der Waals surface area contributed by atoms with E-state index in [4.69, 9.17) is 5.26 Å². The molecule has 1 aliphatic carbocycles. The van der Waals surface area contributed by atoms with Crippen LogP contribution in [0.3, 0.4) is 0 Å². The number of aryl methyl sites for hydroxylation is 1. The number of benzene rings is 1. The van der Waals surface area contributed by atoms with E-state index in [0.717, 1.165) is 24.3 Å². The molecule has 1 aromatic rings. The van der Waals surface area contributed by atoms with E-state index >= 15 is 0 Å². The topological polar surface area (TPSA) is 23.8 Å². The van der Waals surface area contributed by atoms with E-state index in [2.05, 4.69) is 13.0 Å². The molecular formula is C24H34FN. The fourth-order valence-electron chi connectivity index (χ4n) is 3.93. The molecule has 0 saturated carbocycles. The summed E-state index contributed by atoms with van der Waals surface area (Å²) < 4.78 is 13.7. The van der Waals surface area contributed by atoms with Gasteiger partial charge in [0.05, 0.1) is 5.56 Å². The van der Waals surface area contributed by atoms with Gasteiger partial charge in [0.25, 0.3) is 0 Å². The molecule has 0 saturated heterocycles. The first-order chi connectivity index (χ1) is 12.7. The Bertz CT molecular complexity index is 611. The highest BCUT2D eigenvalue weighted by Gasteiger charge is 2.14. The molecular weight excluding hydrogens is 321 g/mol. The van der Waals surface area contributed by atoms with Gasteiger partial charge in [0.15, 0.2) is 0 Å². The van der Waals surface area contributed by atoms with Crippen molar-refractivity contribution in [3.8, 4) is 6.07 Å². The van der Waals surface area contributed by atoms with Crippen LogP contribution in [0.1, 0.15) is 95.1 Å². The summed E-state index contributed by atoms with van der Waals surface area (Å²) in [6.07, 6.45) is 19.2. The molecule has 2 rings (SSSR count). The predicted molar refractivity (Wildman–Crippen MR) is 107 cm³/mol. The van der Waals surface area contributed by atoms with Gasteiger partial charge in [0, 0.05) is 0 Å². The van der Waals surface area contributed by atoms with Crippen LogP contribution in [-0.4, -0.2) is 0 Å². The Morgan fingerprint density at radius 3 is 2.50 bits per heavy atom. The largest absolute Gasteiger partial charge is 0.206 e. The molecule has 0 bridgehead atoms. The Labute approximate surface area is 159 Å². The molecule has 1 unspecified atom stereocenters. The molecule has 142 valence electrons. The van der Waals surface area contributed by atoms with E-state index in [-0.39, 0.29) is 5.56 Å². The second-order valence-corrected chi connectivity index (χ2v) is 7.84. The van der Waals surface area contributed by atoms with Crippen LogP contribution in [0.2, 0.25) is 0 Å². The van der Waals surface area contributed by atoms with Crippen molar-refractivity contribution in [2.75, 3.05) is 0 Å². The van der Waals surface area contributed by atoms with Crippen LogP contribution in [0.5, 0.6) is 0 Å². The lowest BCUT2D eigenvalue weighted by atomic mass is 9.84. The number of nitrogens with zero attached hydrogens (tertiary/aromatic N) is 1. The molecule has 1 aromatic carbocycles. The number of unbranched alkanes of at least 4 members (excludes halogenated alkanes) is 6. The quantitative estimate of drug-likeness (QED) is 0.298. The van der Waals surface area contributed by atoms with E-state index in [0.29, 0.717) is 0 Å². The maximum absolute atomic E-state index is 13.7. The number of allylic oxidation sites excluding steroid dienone is 2.